The fraction of sp³-hybridized carbons (Fsp3) is 0.750. The Kier molecular flexibility index (Phi) is 18.6. The Balaban J connectivity index is 0.000000190. The van der Waals surface area contributed by atoms with E-state index < -0.39 is 0 Å². The van der Waals surface area contributed by atoms with Crippen molar-refractivity contribution >= 4 is 35.6 Å². The highest BCUT2D eigenvalue weighted by Gasteiger charge is 2.53. The van der Waals surface area contributed by atoms with Gasteiger partial charge in [-0.25, -0.2) is 14.0 Å². The highest BCUT2D eigenvalue weighted by atomic mass is 35.5. The third-order valence-corrected chi connectivity index (χ3v) is 21.6. The lowest BCUT2D eigenvalue weighted by Crippen LogP contribution is -2.55. The molecule has 78 heavy (non-hydrogen) atoms. The Morgan fingerprint density at radius 1 is 0.590 bits per heavy atom. The fourth-order valence-electron chi connectivity index (χ4n) is 16.3. The summed E-state index contributed by atoms with van der Waals surface area (Å²) in [5.41, 5.74) is 1.83. The first-order valence-corrected chi connectivity index (χ1v) is 31.0. The smallest absolute Gasteiger partial charge is 0.410 e. The predicted molar refractivity (Wildman–Crippen MR) is 307 cm³/mol. The van der Waals surface area contributed by atoms with E-state index in [1.165, 1.54) is 81.9 Å². The number of hydrogen-bond donors (Lipinski definition) is 0. The molecule has 12 nitrogen and oxygen atoms in total. The molecule has 4 aliphatic heterocycles. The summed E-state index contributed by atoms with van der Waals surface area (Å²) in [5, 5.41) is 0.735. The first-order chi connectivity index (χ1) is 37.3. The molecule has 8 aliphatic rings. The Hall–Kier alpha value is -3.94. The molecule has 2 aromatic rings. The number of cyclic esters (lactones) is 2. The quantitative estimate of drug-likeness (QED) is 0.184. The van der Waals surface area contributed by atoms with Crippen LogP contribution in [0.3, 0.4) is 0 Å². The normalized spacial score (nSPS) is 29.2. The van der Waals surface area contributed by atoms with Crippen LogP contribution >= 0.6 is 11.6 Å². The van der Waals surface area contributed by atoms with Gasteiger partial charge in [-0.2, -0.15) is 0 Å². The van der Waals surface area contributed by atoms with Crippen LogP contribution in [0.15, 0.2) is 48.5 Å². The van der Waals surface area contributed by atoms with Crippen molar-refractivity contribution in [3.63, 3.8) is 0 Å². The van der Waals surface area contributed by atoms with E-state index in [4.69, 9.17) is 21.1 Å². The summed E-state index contributed by atoms with van der Waals surface area (Å²) in [4.78, 5) is 66.9. The predicted octanol–water partition coefficient (Wildman–Crippen LogP) is 12.6. The van der Waals surface area contributed by atoms with E-state index in [1.54, 1.807) is 0 Å². The summed E-state index contributed by atoms with van der Waals surface area (Å²) in [5.74, 6) is 1.81. The fourth-order valence-corrected chi connectivity index (χ4v) is 16.4. The van der Waals surface area contributed by atoms with Crippen LogP contribution < -0.4 is 0 Å². The monoisotopic (exact) mass is 1100 g/mol. The molecule has 4 heterocycles. The number of halogens is 2. The minimum Gasteiger partial charge on any atom is -0.447 e. The van der Waals surface area contributed by atoms with Crippen molar-refractivity contribution in [2.75, 3.05) is 79.7 Å². The van der Waals surface area contributed by atoms with Gasteiger partial charge in [-0.05, 0) is 202 Å². The van der Waals surface area contributed by atoms with Crippen molar-refractivity contribution in [3.05, 3.63) is 70.5 Å². The molecular weight excluding hydrogens is 1000 g/mol. The minimum atomic E-state index is -0.294. The van der Waals surface area contributed by atoms with E-state index in [2.05, 4.69) is 87.4 Å². The number of likely N-dealkylation sites (tertiary alicyclic amines) is 2. The van der Waals surface area contributed by atoms with Crippen molar-refractivity contribution < 1.29 is 33.0 Å². The molecule has 0 bridgehead atoms. The van der Waals surface area contributed by atoms with Gasteiger partial charge in [0.15, 0.2) is 0 Å². The lowest BCUT2D eigenvalue weighted by atomic mass is 9.63. The van der Waals surface area contributed by atoms with Gasteiger partial charge < -0.3 is 29.1 Å². The maximum atomic E-state index is 14.2. The number of hydrogen-bond acceptors (Lipinski definition) is 8. The molecule has 4 amide bonds. The molecule has 0 N–H and O–H groups in total. The van der Waals surface area contributed by atoms with Gasteiger partial charge in [-0.15, -0.1) is 0 Å². The van der Waals surface area contributed by atoms with Crippen molar-refractivity contribution in [2.45, 2.75) is 192 Å². The van der Waals surface area contributed by atoms with Crippen molar-refractivity contribution in [2.24, 2.45) is 34.5 Å². The van der Waals surface area contributed by atoms with Gasteiger partial charge in [0.1, 0.15) is 19.0 Å². The number of amides is 4. The first-order valence-electron chi connectivity index (χ1n) is 30.6. The standard InChI is InChI=1S/C33H50FN3O3.C31H46ClN3O3/c1-5-35(6-2)27-20-28(24-12-14-26(34)15-13-24)29(21-27)30(38)36-18-16-33(17-19-36,25-10-8-7-9-11-25)22-37-31(39)40-23-32(37,3)4;1-30(2)21-38-29(37)35(30)20-31(23-8-6-5-7-9-23)14-16-34(17-15-31)28(36)27-19-25(33(3)4)18-26(27)22-10-12-24(32)13-11-22/h12-15,25,27-29H,5-11,16-23H2,1-4H3;10-13,23,25-27H,5-9,14-21H2,1-4H3/t27-,28?,29-;25-,26?,27-/m11/s1. The van der Waals surface area contributed by atoms with Gasteiger partial charge >= 0.3 is 12.2 Å². The van der Waals surface area contributed by atoms with Crippen LogP contribution in [0.1, 0.15) is 180 Å². The SMILES string of the molecule is CCN(CC)[C@@H]1CC(c2ccc(F)cc2)[C@H](C(=O)N2CCC(CN3C(=O)OCC3(C)C)(C3CCCCC3)CC2)C1.CN(C)[C@@H]1CC(c2ccc(Cl)cc2)[C@H](C(=O)N2CCC(CN3C(=O)OCC3(C)C)(C3CCCCC3)CC2)C1. The molecule has 2 aromatic carbocycles. The largest absolute Gasteiger partial charge is 0.447 e. The first kappa shape index (κ1) is 58.7. The number of ether oxygens (including phenoxy) is 2. The van der Waals surface area contributed by atoms with Crippen LogP contribution in [-0.2, 0) is 19.1 Å². The summed E-state index contributed by atoms with van der Waals surface area (Å²) >= 11 is 6.18. The Morgan fingerprint density at radius 3 is 1.35 bits per heavy atom. The molecule has 8 fully saturated rings. The zero-order valence-corrected chi connectivity index (χ0v) is 49.7. The second kappa shape index (κ2) is 24.6. The second-order valence-electron chi connectivity index (χ2n) is 26.9. The van der Waals surface area contributed by atoms with Crippen LogP contribution in [0.2, 0.25) is 5.02 Å². The number of nitrogens with zero attached hydrogens (tertiary/aromatic N) is 6. The molecule has 14 heteroatoms. The van der Waals surface area contributed by atoms with Crippen LogP contribution in [0.5, 0.6) is 0 Å². The Bertz CT molecular complexity index is 2350. The van der Waals surface area contributed by atoms with E-state index in [9.17, 15) is 23.6 Å². The molecule has 0 aromatic heterocycles. The summed E-state index contributed by atoms with van der Waals surface area (Å²) in [6.07, 6.45) is 19.8. The molecule has 2 unspecified atom stereocenters. The molecule has 6 atom stereocenters. The molecule has 432 valence electrons. The molecule has 0 spiro atoms. The van der Waals surface area contributed by atoms with Crippen LogP contribution in [0.25, 0.3) is 0 Å². The maximum Gasteiger partial charge on any atom is 0.410 e. The Labute approximate surface area is 472 Å². The van der Waals surface area contributed by atoms with Crippen molar-refractivity contribution in [3.8, 4) is 0 Å². The zero-order chi connectivity index (χ0) is 55.6. The van der Waals surface area contributed by atoms with Crippen LogP contribution in [0, 0.1) is 40.3 Å². The molecular formula is C64H96ClFN6O6. The summed E-state index contributed by atoms with van der Waals surface area (Å²) in [6, 6.07) is 15.7. The molecule has 4 saturated heterocycles. The number of carbonyl (C=O) groups is 4. The third-order valence-electron chi connectivity index (χ3n) is 21.4. The number of carbonyl (C=O) groups excluding carboxylic acids is 4. The number of benzene rings is 2. The highest BCUT2D eigenvalue weighted by molar-refractivity contribution is 6.30. The van der Waals surface area contributed by atoms with E-state index in [0.717, 1.165) is 114 Å². The van der Waals surface area contributed by atoms with Crippen molar-refractivity contribution in [1.29, 1.82) is 0 Å². The Morgan fingerprint density at radius 2 is 0.974 bits per heavy atom. The van der Waals surface area contributed by atoms with Crippen molar-refractivity contribution in [1.82, 2.24) is 29.4 Å². The van der Waals surface area contributed by atoms with E-state index in [1.807, 2.05) is 34.1 Å². The molecule has 4 saturated carbocycles. The number of rotatable bonds is 14. The van der Waals surface area contributed by atoms with Gasteiger partial charge in [0.05, 0.1) is 11.1 Å². The average Bonchev–Trinajstić information content (AvgIpc) is 4.27. The molecule has 0 radical (unpaired) electrons. The maximum absolute atomic E-state index is 14.2. The van der Waals surface area contributed by atoms with E-state index in [0.29, 0.717) is 43.0 Å². The van der Waals surface area contributed by atoms with Crippen LogP contribution in [0.4, 0.5) is 14.0 Å². The lowest BCUT2D eigenvalue weighted by molar-refractivity contribution is -0.140. The van der Waals surface area contributed by atoms with Gasteiger partial charge in [-0.1, -0.05) is 88.2 Å². The average molecular weight is 1100 g/mol. The molecule has 4 aliphatic carbocycles. The lowest BCUT2D eigenvalue weighted by Gasteiger charge is -2.51. The highest BCUT2D eigenvalue weighted by Crippen LogP contribution is 2.52. The second-order valence-corrected chi connectivity index (χ2v) is 27.4. The summed E-state index contributed by atoms with van der Waals surface area (Å²) in [7, 11) is 4.25. The van der Waals surface area contributed by atoms with Gasteiger partial charge in [-0.3, -0.25) is 19.4 Å². The van der Waals surface area contributed by atoms with Gasteiger partial charge in [0.25, 0.3) is 0 Å². The minimum absolute atomic E-state index is 0.00162. The van der Waals surface area contributed by atoms with Gasteiger partial charge in [0.2, 0.25) is 11.8 Å². The van der Waals surface area contributed by atoms with E-state index in [-0.39, 0.29) is 69.5 Å². The zero-order valence-electron chi connectivity index (χ0n) is 48.9. The number of piperidine rings is 2. The van der Waals surface area contributed by atoms with Crippen LogP contribution in [-0.4, -0.2) is 156 Å². The topological polar surface area (TPSA) is 106 Å². The third kappa shape index (κ3) is 12.6. The van der Waals surface area contributed by atoms with E-state index >= 15 is 0 Å². The summed E-state index contributed by atoms with van der Waals surface area (Å²) in [6.45, 7) is 20.2. The van der Waals surface area contributed by atoms with Gasteiger partial charge in [0, 0.05) is 68.2 Å². The summed E-state index contributed by atoms with van der Waals surface area (Å²) < 4.78 is 24.7. The molecule has 10 rings (SSSR count).